The summed E-state index contributed by atoms with van der Waals surface area (Å²) >= 11 is 0. The molecule has 0 aliphatic carbocycles. The number of ether oxygens (including phenoxy) is 1. The number of furan rings is 1. The van der Waals surface area contributed by atoms with E-state index in [9.17, 15) is 4.79 Å². The third-order valence-electron chi connectivity index (χ3n) is 5.24. The van der Waals surface area contributed by atoms with Crippen molar-refractivity contribution in [1.82, 2.24) is 15.5 Å². The fourth-order valence-corrected chi connectivity index (χ4v) is 3.60. The Balaban J connectivity index is 1.52. The summed E-state index contributed by atoms with van der Waals surface area (Å²) in [5, 5.41) is 9.41. The molecule has 3 rings (SSSR count). The van der Waals surface area contributed by atoms with Crippen molar-refractivity contribution in [2.24, 2.45) is 4.99 Å². The second kappa shape index (κ2) is 11.3. The number of piperidine rings is 1. The van der Waals surface area contributed by atoms with Gasteiger partial charge in [-0.3, -0.25) is 15.2 Å². The van der Waals surface area contributed by atoms with E-state index >= 15 is 0 Å². The van der Waals surface area contributed by atoms with Crippen molar-refractivity contribution in [3.05, 3.63) is 54.0 Å². The third kappa shape index (κ3) is 6.25. The lowest BCUT2D eigenvalue weighted by Crippen LogP contribution is -2.44. The molecule has 2 heterocycles. The van der Waals surface area contributed by atoms with Gasteiger partial charge in [0.1, 0.15) is 5.76 Å². The van der Waals surface area contributed by atoms with Crippen LogP contribution in [0.3, 0.4) is 0 Å². The van der Waals surface area contributed by atoms with Crippen molar-refractivity contribution in [2.45, 2.75) is 31.8 Å². The summed E-state index contributed by atoms with van der Waals surface area (Å²) < 4.78 is 10.3. The number of nitrogens with one attached hydrogen (secondary N) is 3. The van der Waals surface area contributed by atoms with Crippen LogP contribution in [-0.4, -0.2) is 50.7 Å². The van der Waals surface area contributed by atoms with Gasteiger partial charge in [0.2, 0.25) is 0 Å². The first-order valence-electron chi connectivity index (χ1n) is 10.4. The van der Waals surface area contributed by atoms with Crippen LogP contribution in [0.5, 0.6) is 0 Å². The lowest BCUT2D eigenvalue weighted by molar-refractivity contribution is 0.146. The van der Waals surface area contributed by atoms with E-state index in [0.717, 1.165) is 36.9 Å². The van der Waals surface area contributed by atoms with E-state index < -0.39 is 6.09 Å². The van der Waals surface area contributed by atoms with Crippen LogP contribution in [0.2, 0.25) is 0 Å². The molecule has 0 bridgehead atoms. The molecule has 1 saturated heterocycles. The quantitative estimate of drug-likeness (QED) is 0.476. The molecule has 3 N–H and O–H groups in total. The highest BCUT2D eigenvalue weighted by molar-refractivity contribution is 5.84. The van der Waals surface area contributed by atoms with Crippen LogP contribution < -0.4 is 16.0 Å². The van der Waals surface area contributed by atoms with Crippen LogP contribution in [0.15, 0.2) is 52.1 Å². The van der Waals surface area contributed by atoms with E-state index in [1.165, 1.54) is 26.4 Å². The smallest absolute Gasteiger partial charge is 0.411 e. The minimum absolute atomic E-state index is 0.183. The minimum atomic E-state index is -0.481. The number of nitrogens with zero attached hydrogens (tertiary/aromatic N) is 2. The van der Waals surface area contributed by atoms with Gasteiger partial charge in [0, 0.05) is 25.8 Å². The molecule has 0 saturated carbocycles. The van der Waals surface area contributed by atoms with E-state index in [1.807, 2.05) is 36.4 Å². The molecule has 162 valence electrons. The molecule has 1 aliphatic rings. The highest BCUT2D eigenvalue weighted by atomic mass is 16.5. The molecule has 1 unspecified atom stereocenters. The fraction of sp³-hybridized carbons (Fsp3) is 0.455. The molecular weight excluding hydrogens is 382 g/mol. The lowest BCUT2D eigenvalue weighted by Gasteiger charge is -2.33. The van der Waals surface area contributed by atoms with Gasteiger partial charge < -0.3 is 19.8 Å². The molecule has 2 aromatic rings. The third-order valence-corrected chi connectivity index (χ3v) is 5.24. The summed E-state index contributed by atoms with van der Waals surface area (Å²) in [5.74, 6) is 1.72. The maximum Gasteiger partial charge on any atom is 0.411 e. The number of likely N-dealkylation sites (tertiary alicyclic amines) is 1. The van der Waals surface area contributed by atoms with Crippen LogP contribution in [0.1, 0.15) is 36.6 Å². The van der Waals surface area contributed by atoms with Gasteiger partial charge in [0.25, 0.3) is 0 Å². The van der Waals surface area contributed by atoms with Crippen molar-refractivity contribution in [1.29, 1.82) is 0 Å². The zero-order chi connectivity index (χ0) is 21.2. The predicted octanol–water partition coefficient (Wildman–Crippen LogP) is 3.35. The summed E-state index contributed by atoms with van der Waals surface area (Å²) in [4.78, 5) is 18.1. The average Bonchev–Trinajstić information content (AvgIpc) is 3.32. The van der Waals surface area contributed by atoms with Gasteiger partial charge in [-0.05, 0) is 55.8 Å². The monoisotopic (exact) mass is 413 g/mol. The minimum Gasteiger partial charge on any atom is -0.468 e. The molecule has 8 nitrogen and oxygen atoms in total. The number of hydrogen-bond donors (Lipinski definition) is 3. The number of methoxy groups -OCH3 is 1. The highest BCUT2D eigenvalue weighted by Crippen LogP contribution is 2.24. The van der Waals surface area contributed by atoms with E-state index in [0.29, 0.717) is 12.2 Å². The molecule has 1 amide bonds. The van der Waals surface area contributed by atoms with E-state index in [-0.39, 0.29) is 6.04 Å². The maximum atomic E-state index is 11.3. The molecule has 1 aromatic heterocycles. The normalized spacial score (nSPS) is 16.0. The number of anilines is 1. The van der Waals surface area contributed by atoms with E-state index in [2.05, 4.69) is 30.6 Å². The summed E-state index contributed by atoms with van der Waals surface area (Å²) in [7, 11) is 3.11. The molecule has 1 atom stereocenters. The number of hydrogen-bond acceptors (Lipinski definition) is 5. The fourth-order valence-electron chi connectivity index (χ4n) is 3.60. The molecule has 1 aliphatic heterocycles. The first-order chi connectivity index (χ1) is 14.7. The van der Waals surface area contributed by atoms with Crippen molar-refractivity contribution >= 4 is 17.7 Å². The molecule has 8 heteroatoms. The Morgan fingerprint density at radius 2 is 1.93 bits per heavy atom. The zero-order valence-corrected chi connectivity index (χ0v) is 17.7. The van der Waals surface area contributed by atoms with Gasteiger partial charge in [-0.1, -0.05) is 18.6 Å². The molecule has 0 radical (unpaired) electrons. The Labute approximate surface area is 177 Å². The number of benzene rings is 1. The number of guanidine groups is 1. The number of carbonyl (C=O) groups is 1. The molecule has 1 aromatic carbocycles. The molecule has 30 heavy (non-hydrogen) atoms. The average molecular weight is 414 g/mol. The SMILES string of the molecule is CN=C(NCc1ccc(NC(=O)OC)cc1)NCC(c1ccco1)N1CCCCC1. The van der Waals surface area contributed by atoms with Gasteiger partial charge in [-0.15, -0.1) is 0 Å². The van der Waals surface area contributed by atoms with E-state index in [4.69, 9.17) is 4.42 Å². The van der Waals surface area contributed by atoms with Gasteiger partial charge in [-0.2, -0.15) is 0 Å². The first kappa shape index (κ1) is 21.7. The Bertz CT molecular complexity index is 799. The number of rotatable bonds is 7. The van der Waals surface area contributed by atoms with Crippen LogP contribution in [0.4, 0.5) is 10.5 Å². The van der Waals surface area contributed by atoms with Crippen LogP contribution in [-0.2, 0) is 11.3 Å². The standard InChI is InChI=1S/C22H31N5O3/c1-23-21(24-15-17-8-10-18(11-9-17)26-22(28)29-2)25-16-19(20-7-6-14-30-20)27-12-4-3-5-13-27/h6-11,14,19H,3-5,12-13,15-16H2,1-2H3,(H,26,28)(H2,23,24,25). The van der Waals surface area contributed by atoms with Crippen molar-refractivity contribution in [3.63, 3.8) is 0 Å². The second-order valence-corrected chi connectivity index (χ2v) is 7.25. The van der Waals surface area contributed by atoms with Gasteiger partial charge in [0.15, 0.2) is 5.96 Å². The highest BCUT2D eigenvalue weighted by Gasteiger charge is 2.24. The van der Waals surface area contributed by atoms with E-state index in [1.54, 1.807) is 13.3 Å². The summed E-state index contributed by atoms with van der Waals surface area (Å²) in [6.07, 6.45) is 5.00. The number of carbonyl (C=O) groups excluding carboxylic acids is 1. The van der Waals surface area contributed by atoms with Crippen molar-refractivity contribution in [3.8, 4) is 0 Å². The zero-order valence-electron chi connectivity index (χ0n) is 17.7. The lowest BCUT2D eigenvalue weighted by atomic mass is 10.1. The maximum absolute atomic E-state index is 11.3. The molecule has 0 spiro atoms. The summed E-state index contributed by atoms with van der Waals surface area (Å²) in [6.45, 7) is 3.51. The Morgan fingerprint density at radius 1 is 1.17 bits per heavy atom. The van der Waals surface area contributed by atoms with Gasteiger partial charge in [0.05, 0.1) is 19.4 Å². The van der Waals surface area contributed by atoms with Crippen LogP contribution in [0.25, 0.3) is 0 Å². The van der Waals surface area contributed by atoms with Crippen molar-refractivity contribution < 1.29 is 13.9 Å². The number of amides is 1. The van der Waals surface area contributed by atoms with Crippen LogP contribution >= 0.6 is 0 Å². The second-order valence-electron chi connectivity index (χ2n) is 7.25. The van der Waals surface area contributed by atoms with Crippen molar-refractivity contribution in [2.75, 3.05) is 39.1 Å². The Morgan fingerprint density at radius 3 is 2.57 bits per heavy atom. The Kier molecular flexibility index (Phi) is 8.14. The molecular formula is C22H31N5O3. The van der Waals surface area contributed by atoms with Gasteiger partial charge >= 0.3 is 6.09 Å². The van der Waals surface area contributed by atoms with Crippen LogP contribution in [0, 0.1) is 0 Å². The predicted molar refractivity (Wildman–Crippen MR) is 118 cm³/mol. The summed E-state index contributed by atoms with van der Waals surface area (Å²) in [6, 6.07) is 11.7. The van der Waals surface area contributed by atoms with Gasteiger partial charge in [-0.25, -0.2) is 4.79 Å². The largest absolute Gasteiger partial charge is 0.468 e. The Hall–Kier alpha value is -3.00. The molecule has 1 fully saturated rings. The first-order valence-corrected chi connectivity index (χ1v) is 10.4. The topological polar surface area (TPSA) is 91.1 Å². The summed E-state index contributed by atoms with van der Waals surface area (Å²) in [5.41, 5.74) is 1.77. The number of aliphatic imine (C=N–C) groups is 1.